The lowest BCUT2D eigenvalue weighted by Gasteiger charge is -2.06. The Morgan fingerprint density at radius 3 is 2.17 bits per heavy atom. The smallest absolute Gasteiger partial charge is 0.323 e. The number of methoxy groups -OCH3 is 1. The maximum Gasteiger partial charge on any atom is 0.323 e. The fraction of sp³-hybridized carbons (Fsp3) is 0.750. The summed E-state index contributed by atoms with van der Waals surface area (Å²) in [5.41, 5.74) is -1.16. The van der Waals surface area contributed by atoms with Gasteiger partial charge in [0.05, 0.1) is 7.11 Å². The number of ether oxygens (including phenoxy) is 1. The third-order valence-electron chi connectivity index (χ3n) is 3.21. The highest BCUT2D eigenvalue weighted by Crippen LogP contribution is 2.71. The molecule has 0 aromatic heterocycles. The Hall–Kier alpha value is -1.06. The van der Waals surface area contributed by atoms with E-state index in [1.165, 1.54) is 7.11 Å². The molecule has 0 amide bonds. The average molecular weight is 170 g/mol. The van der Waals surface area contributed by atoms with Gasteiger partial charge in [0.2, 0.25) is 0 Å². The lowest BCUT2D eigenvalue weighted by molar-refractivity contribution is -0.160. The van der Waals surface area contributed by atoms with Crippen LogP contribution < -0.4 is 0 Å². The first-order valence-electron chi connectivity index (χ1n) is 3.97. The number of aliphatic carboxylic acids is 1. The molecule has 4 heteroatoms. The lowest BCUT2D eigenvalue weighted by Crippen LogP contribution is -2.29. The Morgan fingerprint density at radius 2 is 1.92 bits per heavy atom. The first-order valence-corrected chi connectivity index (χ1v) is 3.97. The zero-order valence-electron chi connectivity index (χ0n) is 6.74. The van der Waals surface area contributed by atoms with Crippen molar-refractivity contribution >= 4 is 11.9 Å². The van der Waals surface area contributed by atoms with E-state index >= 15 is 0 Å². The average Bonchev–Trinajstić information content (AvgIpc) is 2.46. The third kappa shape index (κ3) is 0.552. The molecule has 0 aromatic carbocycles. The van der Waals surface area contributed by atoms with E-state index in [9.17, 15) is 9.59 Å². The minimum atomic E-state index is -1.16. The Labute approximate surface area is 69.5 Å². The molecule has 4 nitrogen and oxygen atoms in total. The summed E-state index contributed by atoms with van der Waals surface area (Å²) in [4.78, 5) is 22.0. The van der Waals surface area contributed by atoms with Crippen molar-refractivity contribution in [3.8, 4) is 0 Å². The van der Waals surface area contributed by atoms with E-state index in [0.717, 1.165) is 12.8 Å². The second kappa shape index (κ2) is 2.00. The van der Waals surface area contributed by atoms with Gasteiger partial charge in [-0.25, -0.2) is 0 Å². The summed E-state index contributed by atoms with van der Waals surface area (Å²) in [5, 5.41) is 8.89. The standard InChI is InChI=1S/C8H10O4/c1-12-7(11)8(6(9)10)4-2-3-5(4)8/h4-5H,2-3H2,1H3,(H,9,10). The summed E-state index contributed by atoms with van der Waals surface area (Å²) >= 11 is 0. The zero-order valence-corrected chi connectivity index (χ0v) is 6.74. The molecule has 0 spiro atoms. The molecule has 0 aromatic rings. The molecule has 0 radical (unpaired) electrons. The third-order valence-corrected chi connectivity index (χ3v) is 3.21. The largest absolute Gasteiger partial charge is 0.480 e. The number of rotatable bonds is 2. The first kappa shape index (κ1) is 7.58. The molecule has 2 aliphatic carbocycles. The number of esters is 1. The van der Waals surface area contributed by atoms with Gasteiger partial charge in [-0.05, 0) is 24.7 Å². The second-order valence-electron chi connectivity index (χ2n) is 3.46. The second-order valence-corrected chi connectivity index (χ2v) is 3.46. The van der Waals surface area contributed by atoms with Crippen molar-refractivity contribution < 1.29 is 19.4 Å². The molecular weight excluding hydrogens is 160 g/mol. The van der Waals surface area contributed by atoms with Gasteiger partial charge < -0.3 is 9.84 Å². The van der Waals surface area contributed by atoms with Gasteiger partial charge in [-0.15, -0.1) is 0 Å². The van der Waals surface area contributed by atoms with Crippen LogP contribution in [-0.4, -0.2) is 24.2 Å². The van der Waals surface area contributed by atoms with E-state index < -0.39 is 17.4 Å². The van der Waals surface area contributed by atoms with Gasteiger partial charge in [0.25, 0.3) is 0 Å². The number of hydrogen-bond acceptors (Lipinski definition) is 3. The maximum atomic E-state index is 11.2. The van der Waals surface area contributed by atoms with Crippen molar-refractivity contribution in [1.82, 2.24) is 0 Å². The van der Waals surface area contributed by atoms with Crippen LogP contribution in [0.3, 0.4) is 0 Å². The molecule has 2 saturated carbocycles. The molecule has 2 aliphatic rings. The van der Waals surface area contributed by atoms with Crippen LogP contribution >= 0.6 is 0 Å². The molecule has 2 rings (SSSR count). The molecule has 0 heterocycles. The van der Waals surface area contributed by atoms with Crippen LogP contribution in [0.25, 0.3) is 0 Å². The molecular formula is C8H10O4. The Kier molecular flexibility index (Phi) is 1.26. The fourth-order valence-electron chi connectivity index (χ4n) is 2.37. The van der Waals surface area contributed by atoms with E-state index in [2.05, 4.69) is 4.74 Å². The summed E-state index contributed by atoms with van der Waals surface area (Å²) in [7, 11) is 1.24. The van der Waals surface area contributed by atoms with E-state index in [0.29, 0.717) is 0 Å². The molecule has 0 aliphatic heterocycles. The molecule has 12 heavy (non-hydrogen) atoms. The van der Waals surface area contributed by atoms with Crippen LogP contribution in [-0.2, 0) is 14.3 Å². The molecule has 66 valence electrons. The molecule has 2 unspecified atom stereocenters. The van der Waals surface area contributed by atoms with Gasteiger partial charge in [-0.2, -0.15) is 0 Å². The topological polar surface area (TPSA) is 63.6 Å². The van der Waals surface area contributed by atoms with Gasteiger partial charge in [0, 0.05) is 0 Å². The van der Waals surface area contributed by atoms with E-state index in [4.69, 9.17) is 5.11 Å². The van der Waals surface area contributed by atoms with Gasteiger partial charge in [0.15, 0.2) is 5.41 Å². The van der Waals surface area contributed by atoms with Gasteiger partial charge in [0.1, 0.15) is 0 Å². The highest BCUT2D eigenvalue weighted by molar-refractivity contribution is 6.04. The SMILES string of the molecule is COC(=O)C1(C(=O)O)C2CCC21. The van der Waals surface area contributed by atoms with Crippen LogP contribution in [0.1, 0.15) is 12.8 Å². The van der Waals surface area contributed by atoms with Crippen LogP contribution in [0.15, 0.2) is 0 Å². The first-order chi connectivity index (χ1) is 5.65. The lowest BCUT2D eigenvalue weighted by atomic mass is 10.0. The van der Waals surface area contributed by atoms with E-state index in [1.54, 1.807) is 0 Å². The van der Waals surface area contributed by atoms with E-state index in [1.807, 2.05) is 0 Å². The number of fused-ring (bicyclic) bond motifs is 1. The minimum Gasteiger partial charge on any atom is -0.480 e. The van der Waals surface area contributed by atoms with Crippen LogP contribution in [0, 0.1) is 17.3 Å². The van der Waals surface area contributed by atoms with Gasteiger partial charge in [-0.1, -0.05) is 0 Å². The molecule has 2 fully saturated rings. The van der Waals surface area contributed by atoms with Crippen molar-refractivity contribution in [2.45, 2.75) is 12.8 Å². The summed E-state index contributed by atoms with van der Waals surface area (Å²) < 4.78 is 4.50. The van der Waals surface area contributed by atoms with Crippen LogP contribution in [0.2, 0.25) is 0 Å². The number of carbonyl (C=O) groups is 2. The number of carbonyl (C=O) groups excluding carboxylic acids is 1. The Bertz CT molecular complexity index is 248. The maximum absolute atomic E-state index is 11.2. The molecule has 0 saturated heterocycles. The number of hydrogen-bond donors (Lipinski definition) is 1. The summed E-state index contributed by atoms with van der Waals surface area (Å²) in [6, 6.07) is 0. The highest BCUT2D eigenvalue weighted by atomic mass is 16.5. The predicted molar refractivity (Wildman–Crippen MR) is 38.3 cm³/mol. The molecule has 2 atom stereocenters. The zero-order chi connectivity index (χ0) is 8.93. The summed E-state index contributed by atoms with van der Waals surface area (Å²) in [6.07, 6.45) is 1.71. The minimum absolute atomic E-state index is 0.0578. The summed E-state index contributed by atoms with van der Waals surface area (Å²) in [5.74, 6) is -1.46. The normalized spacial score (nSPS) is 42.4. The van der Waals surface area contributed by atoms with Gasteiger partial charge >= 0.3 is 11.9 Å². The molecule has 0 bridgehead atoms. The monoisotopic (exact) mass is 170 g/mol. The Balaban J connectivity index is 2.26. The Morgan fingerprint density at radius 1 is 1.42 bits per heavy atom. The fourth-order valence-corrected chi connectivity index (χ4v) is 2.37. The van der Waals surface area contributed by atoms with Crippen molar-refractivity contribution in [1.29, 1.82) is 0 Å². The predicted octanol–water partition coefficient (Wildman–Crippen LogP) is 0.270. The quantitative estimate of drug-likeness (QED) is 0.477. The van der Waals surface area contributed by atoms with Crippen molar-refractivity contribution in [3.05, 3.63) is 0 Å². The van der Waals surface area contributed by atoms with E-state index in [-0.39, 0.29) is 11.8 Å². The van der Waals surface area contributed by atoms with Crippen LogP contribution in [0.4, 0.5) is 0 Å². The van der Waals surface area contributed by atoms with Crippen molar-refractivity contribution in [2.75, 3.05) is 7.11 Å². The van der Waals surface area contributed by atoms with Crippen LogP contribution in [0.5, 0.6) is 0 Å². The molecule has 1 N–H and O–H groups in total. The number of carboxylic acids is 1. The number of carboxylic acid groups (broad SMARTS) is 1. The van der Waals surface area contributed by atoms with Crippen molar-refractivity contribution in [2.24, 2.45) is 17.3 Å². The summed E-state index contributed by atoms with van der Waals surface area (Å²) in [6.45, 7) is 0. The van der Waals surface area contributed by atoms with Crippen molar-refractivity contribution in [3.63, 3.8) is 0 Å². The highest BCUT2D eigenvalue weighted by Gasteiger charge is 2.79. The van der Waals surface area contributed by atoms with Gasteiger partial charge in [-0.3, -0.25) is 9.59 Å².